The van der Waals surface area contributed by atoms with E-state index >= 15 is 0 Å². The number of aliphatic hydroxyl groups is 1. The van der Waals surface area contributed by atoms with E-state index in [-0.39, 0.29) is 23.9 Å². The Balaban J connectivity index is 3.98. The molecule has 0 spiro atoms. The van der Waals surface area contributed by atoms with Crippen molar-refractivity contribution in [3.05, 3.63) is 24.0 Å². The summed E-state index contributed by atoms with van der Waals surface area (Å²) in [5.41, 5.74) is 0. The number of carbonyl (C=O) groups is 2. The molecule has 0 rings (SSSR count). The molecule has 0 aromatic heterocycles. The molecule has 0 aliphatic rings. The van der Waals surface area contributed by atoms with Gasteiger partial charge in [-0.1, -0.05) is 25.8 Å². The molecule has 0 aromatic rings. The van der Waals surface area contributed by atoms with Crippen LogP contribution in [-0.2, 0) is 14.3 Å². The third-order valence-electron chi connectivity index (χ3n) is 2.21. The maximum Gasteiger partial charge on any atom is 0.309 e. The van der Waals surface area contributed by atoms with Crippen molar-refractivity contribution < 1.29 is 19.4 Å². The fraction of sp³-hybridized carbons (Fsp3) is 0.571. The van der Waals surface area contributed by atoms with Crippen LogP contribution in [0.15, 0.2) is 24.0 Å². The van der Waals surface area contributed by atoms with Crippen molar-refractivity contribution >= 4 is 11.8 Å². The Kier molecular flexibility index (Phi) is 9.64. The van der Waals surface area contributed by atoms with Crippen molar-refractivity contribution in [3.8, 4) is 0 Å². The normalized spacial score (nSPS) is 11.8. The summed E-state index contributed by atoms with van der Waals surface area (Å²) in [6.07, 6.45) is 7.46. The van der Waals surface area contributed by atoms with Gasteiger partial charge >= 0.3 is 5.97 Å². The van der Waals surface area contributed by atoms with E-state index < -0.39 is 0 Å². The molecule has 0 unspecified atom stereocenters. The zero-order valence-electron chi connectivity index (χ0n) is 11.1. The molecular formula is C14H22O4. The first-order valence-electron chi connectivity index (χ1n) is 6.35. The highest BCUT2D eigenvalue weighted by Gasteiger charge is 2.00. The van der Waals surface area contributed by atoms with Gasteiger partial charge in [0.25, 0.3) is 0 Å². The number of esters is 1. The summed E-state index contributed by atoms with van der Waals surface area (Å²) in [4.78, 5) is 22.3. The van der Waals surface area contributed by atoms with Crippen molar-refractivity contribution in [1.82, 2.24) is 0 Å². The largest absolute Gasteiger partial charge is 0.508 e. The molecular weight excluding hydrogens is 232 g/mol. The molecule has 0 fully saturated rings. The first-order chi connectivity index (χ1) is 8.60. The maximum absolute atomic E-state index is 11.4. The Labute approximate surface area is 108 Å². The summed E-state index contributed by atoms with van der Waals surface area (Å²) in [5, 5.41) is 9.42. The van der Waals surface area contributed by atoms with Gasteiger partial charge in [-0.15, -0.1) is 0 Å². The molecule has 0 saturated heterocycles. The number of hydrogen-bond acceptors (Lipinski definition) is 4. The molecule has 102 valence electrons. The van der Waals surface area contributed by atoms with Gasteiger partial charge in [-0.05, 0) is 19.4 Å². The van der Waals surface area contributed by atoms with E-state index in [2.05, 4.69) is 6.92 Å². The molecule has 4 nitrogen and oxygen atoms in total. The second-order valence-corrected chi connectivity index (χ2v) is 3.90. The van der Waals surface area contributed by atoms with Gasteiger partial charge in [-0.25, -0.2) is 0 Å². The quantitative estimate of drug-likeness (QED) is 0.226. The van der Waals surface area contributed by atoms with Crippen molar-refractivity contribution in [2.24, 2.45) is 0 Å². The molecule has 0 bridgehead atoms. The SMILES string of the molecule is CCCCCC(=O)/C=C(O)/C=C/CC(=O)OCC. The number of aliphatic hydroxyl groups excluding tert-OH is 1. The van der Waals surface area contributed by atoms with Crippen LogP contribution in [0.4, 0.5) is 0 Å². The van der Waals surface area contributed by atoms with E-state index in [1.54, 1.807) is 6.92 Å². The van der Waals surface area contributed by atoms with Crippen molar-refractivity contribution in [1.29, 1.82) is 0 Å². The highest BCUT2D eigenvalue weighted by Crippen LogP contribution is 2.02. The van der Waals surface area contributed by atoms with Crippen LogP contribution in [0, 0.1) is 0 Å². The minimum Gasteiger partial charge on any atom is -0.508 e. The van der Waals surface area contributed by atoms with Crippen molar-refractivity contribution in [3.63, 3.8) is 0 Å². The van der Waals surface area contributed by atoms with Crippen LogP contribution >= 0.6 is 0 Å². The van der Waals surface area contributed by atoms with Gasteiger partial charge in [0, 0.05) is 12.5 Å². The minimum absolute atomic E-state index is 0.0930. The number of hydrogen-bond donors (Lipinski definition) is 1. The molecule has 4 heteroatoms. The highest BCUT2D eigenvalue weighted by molar-refractivity contribution is 5.90. The van der Waals surface area contributed by atoms with Crippen molar-refractivity contribution in [2.45, 2.75) is 46.0 Å². The van der Waals surface area contributed by atoms with E-state index in [4.69, 9.17) is 4.74 Å². The second-order valence-electron chi connectivity index (χ2n) is 3.90. The highest BCUT2D eigenvalue weighted by atomic mass is 16.5. The minimum atomic E-state index is -0.351. The standard InChI is InChI=1S/C14H22O4/c1-3-5-6-8-12(15)11-13(16)9-7-10-14(17)18-4-2/h7,9,11,16H,3-6,8,10H2,1-2H3/b9-7+,13-11-. The van der Waals surface area contributed by atoms with Gasteiger partial charge < -0.3 is 9.84 Å². The molecule has 18 heavy (non-hydrogen) atoms. The average molecular weight is 254 g/mol. The fourth-order valence-corrected chi connectivity index (χ4v) is 1.33. The van der Waals surface area contributed by atoms with Gasteiger partial charge in [0.15, 0.2) is 5.78 Å². The first-order valence-corrected chi connectivity index (χ1v) is 6.35. The lowest BCUT2D eigenvalue weighted by atomic mass is 10.1. The Bertz CT molecular complexity index is 316. The fourth-order valence-electron chi connectivity index (χ4n) is 1.33. The Morgan fingerprint density at radius 3 is 2.56 bits per heavy atom. The number of allylic oxidation sites excluding steroid dienone is 2. The monoisotopic (exact) mass is 254 g/mol. The smallest absolute Gasteiger partial charge is 0.309 e. The van der Waals surface area contributed by atoms with Crippen LogP contribution < -0.4 is 0 Å². The molecule has 0 amide bonds. The van der Waals surface area contributed by atoms with Crippen molar-refractivity contribution in [2.75, 3.05) is 6.61 Å². The first kappa shape index (κ1) is 16.4. The third-order valence-corrected chi connectivity index (χ3v) is 2.21. The molecule has 0 aliphatic carbocycles. The van der Waals surface area contributed by atoms with Gasteiger partial charge in [-0.3, -0.25) is 9.59 Å². The zero-order chi connectivity index (χ0) is 13.8. The second kappa shape index (κ2) is 10.6. The molecule has 0 saturated carbocycles. The predicted molar refractivity (Wildman–Crippen MR) is 70.3 cm³/mol. The summed E-state index contributed by atoms with van der Waals surface area (Å²) >= 11 is 0. The van der Waals surface area contributed by atoms with E-state index in [9.17, 15) is 14.7 Å². The number of rotatable bonds is 9. The Hall–Kier alpha value is -1.58. The summed E-state index contributed by atoms with van der Waals surface area (Å²) in [5.74, 6) is -0.571. The maximum atomic E-state index is 11.4. The summed E-state index contributed by atoms with van der Waals surface area (Å²) in [7, 11) is 0. The lowest BCUT2D eigenvalue weighted by Gasteiger charge is -1.97. The molecule has 0 aliphatic heterocycles. The van der Waals surface area contributed by atoms with Gasteiger partial charge in [0.05, 0.1) is 13.0 Å². The zero-order valence-corrected chi connectivity index (χ0v) is 11.1. The topological polar surface area (TPSA) is 63.6 Å². The Morgan fingerprint density at radius 2 is 1.94 bits per heavy atom. The van der Waals surface area contributed by atoms with E-state index in [0.717, 1.165) is 19.3 Å². The molecule has 1 N–H and O–H groups in total. The average Bonchev–Trinajstić information content (AvgIpc) is 2.29. The van der Waals surface area contributed by atoms with E-state index in [1.807, 2.05) is 0 Å². The van der Waals surface area contributed by atoms with Crippen LogP contribution in [-0.4, -0.2) is 23.5 Å². The van der Waals surface area contributed by atoms with Gasteiger partial charge in [-0.2, -0.15) is 0 Å². The molecule has 0 heterocycles. The third kappa shape index (κ3) is 9.63. The number of carbonyl (C=O) groups excluding carboxylic acids is 2. The van der Waals surface area contributed by atoms with Gasteiger partial charge in [0.2, 0.25) is 0 Å². The number of ketones is 1. The van der Waals surface area contributed by atoms with Crippen LogP contribution in [0.5, 0.6) is 0 Å². The van der Waals surface area contributed by atoms with Crippen LogP contribution in [0.1, 0.15) is 46.0 Å². The number of ether oxygens (including phenoxy) is 1. The Morgan fingerprint density at radius 1 is 1.22 bits per heavy atom. The predicted octanol–water partition coefficient (Wildman–Crippen LogP) is 3.09. The molecule has 0 aromatic carbocycles. The lowest BCUT2D eigenvalue weighted by molar-refractivity contribution is -0.142. The van der Waals surface area contributed by atoms with Gasteiger partial charge in [0.1, 0.15) is 5.76 Å². The summed E-state index contributed by atoms with van der Waals surface area (Å²) in [6, 6.07) is 0. The lowest BCUT2D eigenvalue weighted by Crippen LogP contribution is -2.01. The molecule has 0 atom stereocenters. The van der Waals surface area contributed by atoms with Crippen LogP contribution in [0.3, 0.4) is 0 Å². The summed E-state index contributed by atoms with van der Waals surface area (Å²) < 4.78 is 4.71. The van der Waals surface area contributed by atoms with Crippen LogP contribution in [0.25, 0.3) is 0 Å². The summed E-state index contributed by atoms with van der Waals surface area (Å²) in [6.45, 7) is 4.13. The van der Waals surface area contributed by atoms with Crippen LogP contribution in [0.2, 0.25) is 0 Å². The van der Waals surface area contributed by atoms with E-state index in [1.165, 1.54) is 18.2 Å². The van der Waals surface area contributed by atoms with E-state index in [0.29, 0.717) is 13.0 Å². The molecule has 0 radical (unpaired) electrons. The number of unbranched alkanes of at least 4 members (excludes halogenated alkanes) is 2.